The molecule has 0 radical (unpaired) electrons. The van der Waals surface area contributed by atoms with Gasteiger partial charge in [-0.15, -0.1) is 0 Å². The molecule has 0 aromatic heterocycles. The van der Waals surface area contributed by atoms with E-state index in [1.54, 1.807) is 24.3 Å². The number of rotatable bonds is 8. The second-order valence-electron chi connectivity index (χ2n) is 5.20. The molecule has 5 nitrogen and oxygen atoms in total. The van der Waals surface area contributed by atoms with Crippen LogP contribution in [0.1, 0.15) is 25.3 Å². The van der Waals surface area contributed by atoms with Crippen LogP contribution in [-0.4, -0.2) is 35.3 Å². The number of amides is 1. The Hall–Kier alpha value is -1.59. The quantitative estimate of drug-likeness (QED) is 0.529. The van der Waals surface area contributed by atoms with E-state index in [0.29, 0.717) is 13.0 Å². The van der Waals surface area contributed by atoms with E-state index in [2.05, 4.69) is 5.32 Å². The minimum absolute atomic E-state index is 0.172. The highest BCUT2D eigenvalue weighted by molar-refractivity contribution is 5.81. The van der Waals surface area contributed by atoms with Crippen molar-refractivity contribution in [2.45, 2.75) is 32.2 Å². The first-order chi connectivity index (χ1) is 9.52. The Kier molecular flexibility index (Phi) is 7.04. The molecule has 0 aliphatic rings. The molecule has 20 heavy (non-hydrogen) atoms. The number of phenolic OH excluding ortho intramolecular Hbond substituents is 1. The third kappa shape index (κ3) is 6.04. The first-order valence-corrected chi connectivity index (χ1v) is 6.95. The van der Waals surface area contributed by atoms with Crippen LogP contribution in [0.4, 0.5) is 0 Å². The molecule has 0 heterocycles. The normalized spacial score (nSPS) is 13.8. The molecule has 0 saturated carbocycles. The lowest BCUT2D eigenvalue weighted by Crippen LogP contribution is -2.42. The fourth-order valence-corrected chi connectivity index (χ4v) is 1.86. The molecule has 5 heteroatoms. The second-order valence-corrected chi connectivity index (χ2v) is 5.20. The summed E-state index contributed by atoms with van der Waals surface area (Å²) in [5, 5.41) is 20.9. The number of carbonyl (C=O) groups excluding carboxylic acids is 1. The number of nitrogens with one attached hydrogen (secondary N) is 1. The monoisotopic (exact) mass is 280 g/mol. The third-order valence-corrected chi connectivity index (χ3v) is 3.21. The van der Waals surface area contributed by atoms with Crippen LogP contribution in [0.15, 0.2) is 24.3 Å². The summed E-state index contributed by atoms with van der Waals surface area (Å²) in [7, 11) is 0. The number of aliphatic hydroxyl groups is 1. The van der Waals surface area contributed by atoms with Crippen molar-refractivity contribution in [3.8, 4) is 5.75 Å². The van der Waals surface area contributed by atoms with Crippen LogP contribution in [0.5, 0.6) is 5.75 Å². The Morgan fingerprint density at radius 2 is 2.00 bits per heavy atom. The highest BCUT2D eigenvalue weighted by atomic mass is 16.3. The molecule has 1 unspecified atom stereocenters. The van der Waals surface area contributed by atoms with Gasteiger partial charge in [-0.1, -0.05) is 19.1 Å². The van der Waals surface area contributed by atoms with Gasteiger partial charge in [-0.2, -0.15) is 0 Å². The number of aliphatic hydroxyl groups excluding tert-OH is 1. The number of hydrogen-bond donors (Lipinski definition) is 4. The zero-order chi connectivity index (χ0) is 15.0. The van der Waals surface area contributed by atoms with Crippen molar-refractivity contribution >= 4 is 5.91 Å². The number of carbonyl (C=O) groups is 1. The Balaban J connectivity index is 2.27. The minimum atomic E-state index is -0.588. The van der Waals surface area contributed by atoms with Crippen molar-refractivity contribution in [2.75, 3.05) is 13.2 Å². The zero-order valence-electron chi connectivity index (χ0n) is 11.9. The van der Waals surface area contributed by atoms with Crippen LogP contribution in [0.2, 0.25) is 0 Å². The fourth-order valence-electron chi connectivity index (χ4n) is 1.86. The van der Waals surface area contributed by atoms with Gasteiger partial charge < -0.3 is 21.3 Å². The van der Waals surface area contributed by atoms with Gasteiger partial charge in [0.15, 0.2) is 0 Å². The van der Waals surface area contributed by atoms with Crippen LogP contribution in [0, 0.1) is 5.92 Å². The zero-order valence-corrected chi connectivity index (χ0v) is 11.9. The molecular weight excluding hydrogens is 256 g/mol. The van der Waals surface area contributed by atoms with Crippen LogP contribution in [0.25, 0.3) is 0 Å². The van der Waals surface area contributed by atoms with E-state index < -0.39 is 6.04 Å². The summed E-state index contributed by atoms with van der Waals surface area (Å²) in [4.78, 5) is 11.8. The summed E-state index contributed by atoms with van der Waals surface area (Å²) >= 11 is 0. The van der Waals surface area contributed by atoms with E-state index in [4.69, 9.17) is 10.8 Å². The standard InChI is InChI=1S/C15H24N2O3/c1-11(10-18)3-2-8-17-15(20)14(16)9-12-4-6-13(19)7-5-12/h4-7,11,14,18-19H,2-3,8-10,16H2,1H3,(H,17,20)/t11?,14-/m0/s1. The van der Waals surface area contributed by atoms with Crippen LogP contribution in [0.3, 0.4) is 0 Å². The Bertz CT molecular complexity index is 406. The van der Waals surface area contributed by atoms with Crippen molar-refractivity contribution in [3.63, 3.8) is 0 Å². The first kappa shape index (κ1) is 16.5. The summed E-state index contributed by atoms with van der Waals surface area (Å²) in [6.45, 7) is 2.72. The lowest BCUT2D eigenvalue weighted by Gasteiger charge is -2.13. The second kappa shape index (κ2) is 8.55. The number of nitrogens with two attached hydrogens (primary N) is 1. The molecule has 112 valence electrons. The average molecular weight is 280 g/mol. The molecule has 1 aromatic rings. The molecule has 0 bridgehead atoms. The van der Waals surface area contributed by atoms with Gasteiger partial charge in [-0.05, 0) is 42.9 Å². The van der Waals surface area contributed by atoms with Gasteiger partial charge in [0.05, 0.1) is 6.04 Å². The van der Waals surface area contributed by atoms with E-state index >= 15 is 0 Å². The molecular formula is C15H24N2O3. The van der Waals surface area contributed by atoms with Gasteiger partial charge in [0.2, 0.25) is 5.91 Å². The van der Waals surface area contributed by atoms with Gasteiger partial charge in [0.25, 0.3) is 0 Å². The molecule has 1 aromatic carbocycles. The Morgan fingerprint density at radius 1 is 1.35 bits per heavy atom. The highest BCUT2D eigenvalue weighted by Crippen LogP contribution is 2.11. The van der Waals surface area contributed by atoms with Crippen molar-refractivity contribution in [3.05, 3.63) is 29.8 Å². The lowest BCUT2D eigenvalue weighted by molar-refractivity contribution is -0.122. The lowest BCUT2D eigenvalue weighted by atomic mass is 10.1. The Morgan fingerprint density at radius 3 is 2.60 bits per heavy atom. The van der Waals surface area contributed by atoms with Crippen LogP contribution < -0.4 is 11.1 Å². The maximum Gasteiger partial charge on any atom is 0.237 e. The molecule has 0 fully saturated rings. The Labute approximate surface area is 119 Å². The maximum atomic E-state index is 11.8. The molecule has 5 N–H and O–H groups in total. The smallest absolute Gasteiger partial charge is 0.237 e. The molecule has 1 amide bonds. The average Bonchev–Trinajstić information content (AvgIpc) is 2.45. The molecule has 0 aliphatic carbocycles. The third-order valence-electron chi connectivity index (χ3n) is 3.21. The largest absolute Gasteiger partial charge is 0.508 e. The summed E-state index contributed by atoms with van der Waals surface area (Å²) in [6.07, 6.45) is 2.16. The van der Waals surface area contributed by atoms with Crippen molar-refractivity contribution in [1.29, 1.82) is 0 Å². The molecule has 0 spiro atoms. The molecule has 0 aliphatic heterocycles. The van der Waals surface area contributed by atoms with Crippen LogP contribution in [-0.2, 0) is 11.2 Å². The summed E-state index contributed by atoms with van der Waals surface area (Å²) in [5.41, 5.74) is 6.76. The SMILES string of the molecule is CC(CO)CCCNC(=O)[C@@H](N)Cc1ccc(O)cc1. The summed E-state index contributed by atoms with van der Waals surface area (Å²) in [6, 6.07) is 6.08. The van der Waals surface area contributed by atoms with E-state index in [-0.39, 0.29) is 24.2 Å². The van der Waals surface area contributed by atoms with E-state index in [0.717, 1.165) is 18.4 Å². The summed E-state index contributed by atoms with van der Waals surface area (Å²) < 4.78 is 0. The van der Waals surface area contributed by atoms with Crippen molar-refractivity contribution in [2.24, 2.45) is 11.7 Å². The predicted molar refractivity (Wildman–Crippen MR) is 78.3 cm³/mol. The van der Waals surface area contributed by atoms with E-state index in [1.165, 1.54) is 0 Å². The predicted octanol–water partition coefficient (Wildman–Crippen LogP) is 0.787. The molecule has 2 atom stereocenters. The fraction of sp³-hybridized carbons (Fsp3) is 0.533. The van der Waals surface area contributed by atoms with E-state index in [1.807, 2.05) is 6.92 Å². The maximum absolute atomic E-state index is 11.8. The van der Waals surface area contributed by atoms with Gasteiger partial charge >= 0.3 is 0 Å². The molecule has 0 saturated heterocycles. The first-order valence-electron chi connectivity index (χ1n) is 6.95. The minimum Gasteiger partial charge on any atom is -0.508 e. The van der Waals surface area contributed by atoms with Crippen molar-refractivity contribution in [1.82, 2.24) is 5.32 Å². The van der Waals surface area contributed by atoms with Crippen molar-refractivity contribution < 1.29 is 15.0 Å². The summed E-state index contributed by atoms with van der Waals surface area (Å²) in [5.74, 6) is 0.289. The van der Waals surface area contributed by atoms with Gasteiger partial charge in [-0.3, -0.25) is 4.79 Å². The van der Waals surface area contributed by atoms with Gasteiger partial charge in [-0.25, -0.2) is 0 Å². The number of aromatic hydroxyl groups is 1. The number of benzene rings is 1. The highest BCUT2D eigenvalue weighted by Gasteiger charge is 2.13. The molecule has 1 rings (SSSR count). The van der Waals surface area contributed by atoms with Gasteiger partial charge in [0, 0.05) is 13.2 Å². The van der Waals surface area contributed by atoms with Gasteiger partial charge in [0.1, 0.15) is 5.75 Å². The van der Waals surface area contributed by atoms with E-state index in [9.17, 15) is 9.90 Å². The van der Waals surface area contributed by atoms with Crippen LogP contribution >= 0.6 is 0 Å². The number of phenols is 1. The topological polar surface area (TPSA) is 95.6 Å². The number of hydrogen-bond acceptors (Lipinski definition) is 4.